The molecule has 2 atom stereocenters. The van der Waals surface area contributed by atoms with Crippen LogP contribution in [0.3, 0.4) is 0 Å². The van der Waals surface area contributed by atoms with Crippen molar-refractivity contribution in [2.45, 2.75) is 18.8 Å². The minimum absolute atomic E-state index is 0.115. The van der Waals surface area contributed by atoms with Crippen molar-refractivity contribution in [1.82, 2.24) is 15.2 Å². The lowest BCUT2D eigenvalue weighted by molar-refractivity contribution is 0.186. The molecule has 26 heavy (non-hydrogen) atoms. The van der Waals surface area contributed by atoms with E-state index >= 15 is 0 Å². The number of hydrogen-bond donors (Lipinski definition) is 3. The smallest absolute Gasteiger partial charge is 0.176 e. The van der Waals surface area contributed by atoms with Crippen LogP contribution < -0.4 is 11.1 Å². The van der Waals surface area contributed by atoms with Crippen LogP contribution in [0, 0.1) is 0 Å². The van der Waals surface area contributed by atoms with Crippen LogP contribution in [0.15, 0.2) is 65.2 Å². The number of nitrogens with zero attached hydrogens (tertiary/aromatic N) is 2. The second-order valence-electron chi connectivity index (χ2n) is 6.37. The number of aromatic nitrogens is 1. The van der Waals surface area contributed by atoms with Crippen molar-refractivity contribution in [2.75, 3.05) is 13.6 Å². The molecule has 0 radical (unpaired) electrons. The van der Waals surface area contributed by atoms with Crippen molar-refractivity contribution >= 4 is 28.0 Å². The highest BCUT2D eigenvalue weighted by atomic mass is 32.1. The number of nitrogens with two attached hydrogens (primary N) is 1. The molecule has 1 aliphatic rings. The van der Waals surface area contributed by atoms with Gasteiger partial charge in [0.1, 0.15) is 0 Å². The number of thiophene rings is 1. The lowest BCUT2D eigenvalue weighted by Crippen LogP contribution is -2.50. The van der Waals surface area contributed by atoms with E-state index in [0.29, 0.717) is 6.54 Å². The molecule has 1 aliphatic heterocycles. The maximum atomic E-state index is 6.15. The Kier molecular flexibility index (Phi) is 4.88. The Bertz CT molecular complexity index is 925. The predicted octanol–water partition coefficient (Wildman–Crippen LogP) is 2.92. The Morgan fingerprint density at radius 3 is 2.96 bits per heavy atom. The number of aliphatic imine (C=N–C) groups is 1. The summed E-state index contributed by atoms with van der Waals surface area (Å²) in [7, 11) is 1.94. The number of allylic oxidation sites excluding steroid dienone is 1. The number of benzene rings is 1. The van der Waals surface area contributed by atoms with E-state index in [4.69, 9.17) is 10.7 Å². The van der Waals surface area contributed by atoms with Gasteiger partial charge in [0.2, 0.25) is 0 Å². The highest BCUT2D eigenvalue weighted by molar-refractivity contribution is 7.12. The van der Waals surface area contributed by atoms with Crippen LogP contribution in [0.4, 0.5) is 0 Å². The average Bonchev–Trinajstić information content (AvgIpc) is 3.36. The minimum Gasteiger partial charge on any atom is -0.361 e. The summed E-state index contributed by atoms with van der Waals surface area (Å²) >= 11 is 1.71. The molecule has 1 unspecified atom stereocenters. The van der Waals surface area contributed by atoms with Crippen molar-refractivity contribution in [3.05, 3.63) is 70.7 Å². The Morgan fingerprint density at radius 2 is 2.19 bits per heavy atom. The molecule has 0 amide bonds. The van der Waals surface area contributed by atoms with Crippen molar-refractivity contribution in [2.24, 2.45) is 10.7 Å². The number of fused-ring (bicyclic) bond motifs is 1. The van der Waals surface area contributed by atoms with Crippen molar-refractivity contribution in [3.63, 3.8) is 0 Å². The van der Waals surface area contributed by atoms with Crippen LogP contribution >= 0.6 is 11.3 Å². The molecular formula is C20H23N5S. The summed E-state index contributed by atoms with van der Waals surface area (Å²) in [5.74, 6) is 0. The highest BCUT2D eigenvalue weighted by Gasteiger charge is 2.25. The molecule has 0 saturated carbocycles. The Balaban J connectivity index is 1.57. The molecule has 134 valence electrons. The van der Waals surface area contributed by atoms with Gasteiger partial charge in [0.05, 0.1) is 10.6 Å². The number of aromatic amines is 1. The van der Waals surface area contributed by atoms with E-state index in [1.54, 1.807) is 11.3 Å². The highest BCUT2D eigenvalue weighted by Crippen LogP contribution is 2.23. The third kappa shape index (κ3) is 3.19. The quantitative estimate of drug-likeness (QED) is 0.629. The fraction of sp³-hybridized carbons (Fsp3) is 0.250. The maximum absolute atomic E-state index is 6.15. The van der Waals surface area contributed by atoms with Gasteiger partial charge in [-0.2, -0.15) is 0 Å². The largest absolute Gasteiger partial charge is 0.361 e. The first-order valence-electron chi connectivity index (χ1n) is 8.80. The Labute approximate surface area is 157 Å². The zero-order valence-electron chi connectivity index (χ0n) is 14.7. The third-order valence-electron chi connectivity index (χ3n) is 4.80. The number of rotatable bonds is 6. The zero-order valence-corrected chi connectivity index (χ0v) is 15.5. The fourth-order valence-corrected chi connectivity index (χ4v) is 4.15. The van der Waals surface area contributed by atoms with E-state index in [-0.39, 0.29) is 12.3 Å². The lowest BCUT2D eigenvalue weighted by atomic mass is 10.0. The maximum Gasteiger partial charge on any atom is 0.176 e. The van der Waals surface area contributed by atoms with E-state index in [9.17, 15) is 0 Å². The molecule has 6 heteroatoms. The second kappa shape index (κ2) is 7.45. The fourth-order valence-electron chi connectivity index (χ4n) is 3.45. The molecule has 5 nitrogen and oxygen atoms in total. The van der Waals surface area contributed by atoms with Gasteiger partial charge >= 0.3 is 0 Å². The van der Waals surface area contributed by atoms with Gasteiger partial charge in [0.25, 0.3) is 0 Å². The summed E-state index contributed by atoms with van der Waals surface area (Å²) in [5.41, 5.74) is 9.61. The summed E-state index contributed by atoms with van der Waals surface area (Å²) in [6.45, 7) is 0.561. The van der Waals surface area contributed by atoms with Crippen molar-refractivity contribution in [1.29, 1.82) is 0 Å². The molecule has 4 rings (SSSR count). The van der Waals surface area contributed by atoms with Crippen LogP contribution in [0.1, 0.15) is 10.4 Å². The minimum atomic E-state index is -0.115. The summed E-state index contributed by atoms with van der Waals surface area (Å²) in [5, 5.41) is 6.64. The lowest BCUT2D eigenvalue weighted by Gasteiger charge is -2.36. The summed E-state index contributed by atoms with van der Waals surface area (Å²) < 4.78 is 0. The third-order valence-corrected chi connectivity index (χ3v) is 5.70. The number of hydrogen-bond acceptors (Lipinski definition) is 5. The second-order valence-corrected chi connectivity index (χ2v) is 7.32. The normalized spacial score (nSPS) is 18.3. The van der Waals surface area contributed by atoms with Crippen LogP contribution in [0.5, 0.6) is 0 Å². The molecular weight excluding hydrogens is 342 g/mol. The van der Waals surface area contributed by atoms with E-state index in [1.165, 1.54) is 15.8 Å². The van der Waals surface area contributed by atoms with Gasteiger partial charge in [-0.15, -0.1) is 11.3 Å². The molecule has 2 aromatic heterocycles. The number of para-hydroxylation sites is 1. The van der Waals surface area contributed by atoms with Gasteiger partial charge in [-0.25, -0.2) is 4.99 Å². The van der Waals surface area contributed by atoms with Crippen molar-refractivity contribution in [3.8, 4) is 0 Å². The van der Waals surface area contributed by atoms with Gasteiger partial charge < -0.3 is 15.6 Å². The first kappa shape index (κ1) is 17.0. The molecule has 3 aromatic rings. The number of H-pyrrole nitrogens is 1. The standard InChI is InChI=1S/C20H23N5S/c1-22-20-24-18(19-7-4-10-26-19)8-9-25(20)15(12-21)11-14-13-23-17-6-3-2-5-16(14)17/h2-10,13,15,20,22-23H,11-12,21H2,1H3/t15-,20?/m0/s1. The molecule has 0 bridgehead atoms. The Hall–Kier alpha value is -2.41. The SMILES string of the molecule is CNC1N=C(c2cccs2)C=CN1[C@H](CN)Cc1c[nH]c2ccccc12. The van der Waals surface area contributed by atoms with Gasteiger partial charge in [-0.05, 0) is 42.6 Å². The van der Waals surface area contributed by atoms with E-state index < -0.39 is 0 Å². The van der Waals surface area contributed by atoms with Crippen molar-refractivity contribution < 1.29 is 0 Å². The van der Waals surface area contributed by atoms with E-state index in [2.05, 4.69) is 69.4 Å². The van der Waals surface area contributed by atoms with Gasteiger partial charge in [0, 0.05) is 35.9 Å². The molecule has 4 N–H and O–H groups in total. The molecule has 0 aliphatic carbocycles. The van der Waals surface area contributed by atoms with Crippen LogP contribution in [-0.2, 0) is 6.42 Å². The van der Waals surface area contributed by atoms with Gasteiger partial charge in [-0.1, -0.05) is 24.3 Å². The average molecular weight is 366 g/mol. The van der Waals surface area contributed by atoms with Crippen LogP contribution in [0.2, 0.25) is 0 Å². The summed E-state index contributed by atoms with van der Waals surface area (Å²) in [6, 6.07) is 12.7. The first-order chi connectivity index (χ1) is 12.8. The Morgan fingerprint density at radius 1 is 1.31 bits per heavy atom. The molecule has 0 saturated heterocycles. The zero-order chi connectivity index (χ0) is 17.9. The summed E-state index contributed by atoms with van der Waals surface area (Å²) in [4.78, 5) is 11.6. The molecule has 1 aromatic carbocycles. The first-order valence-corrected chi connectivity index (χ1v) is 9.67. The predicted molar refractivity (Wildman–Crippen MR) is 110 cm³/mol. The number of nitrogens with one attached hydrogen (secondary N) is 2. The van der Waals surface area contributed by atoms with E-state index in [1.807, 2.05) is 13.1 Å². The van der Waals surface area contributed by atoms with Crippen LogP contribution in [0.25, 0.3) is 10.9 Å². The molecule has 0 spiro atoms. The van der Waals surface area contributed by atoms with Gasteiger partial charge in [0.15, 0.2) is 6.29 Å². The van der Waals surface area contributed by atoms with E-state index in [0.717, 1.165) is 17.6 Å². The van der Waals surface area contributed by atoms with Crippen LogP contribution in [-0.4, -0.2) is 41.5 Å². The topological polar surface area (TPSA) is 69.4 Å². The molecule has 3 heterocycles. The summed E-state index contributed by atoms with van der Waals surface area (Å²) in [6.07, 6.45) is 7.05. The van der Waals surface area contributed by atoms with Gasteiger partial charge in [-0.3, -0.25) is 5.32 Å². The monoisotopic (exact) mass is 365 g/mol. The molecule has 0 fully saturated rings.